The minimum Gasteiger partial charge on any atom is -0.416 e. The van der Waals surface area contributed by atoms with E-state index in [4.69, 9.17) is 14.1 Å². The van der Waals surface area contributed by atoms with Gasteiger partial charge in [-0.05, 0) is 73.6 Å². The number of aromatic nitrogens is 1. The fourth-order valence-corrected chi connectivity index (χ4v) is 5.46. The van der Waals surface area contributed by atoms with E-state index >= 15 is 0 Å². The quantitative estimate of drug-likeness (QED) is 0.379. The predicted molar refractivity (Wildman–Crippen MR) is 130 cm³/mol. The number of hydrogen-bond acceptors (Lipinski definition) is 4. The van der Waals surface area contributed by atoms with Crippen molar-refractivity contribution in [2.45, 2.75) is 98.1 Å². The molecule has 0 aliphatic carbocycles. The Labute approximate surface area is 188 Å². The summed E-state index contributed by atoms with van der Waals surface area (Å²) in [6, 6.07) is 6.05. The van der Waals surface area contributed by atoms with Crippen molar-refractivity contribution in [2.75, 3.05) is 6.61 Å². The minimum absolute atomic E-state index is 0.0635. The van der Waals surface area contributed by atoms with Crippen LogP contribution in [0.4, 0.5) is 0 Å². The van der Waals surface area contributed by atoms with Crippen LogP contribution in [0.1, 0.15) is 65.6 Å². The molecule has 0 spiro atoms. The summed E-state index contributed by atoms with van der Waals surface area (Å²) in [6.07, 6.45) is 4.96. The van der Waals surface area contributed by atoms with E-state index in [0.717, 1.165) is 25.9 Å². The Morgan fingerprint density at radius 2 is 1.80 bits per heavy atom. The van der Waals surface area contributed by atoms with Crippen molar-refractivity contribution < 1.29 is 8.85 Å². The zero-order valence-electron chi connectivity index (χ0n) is 20.9. The van der Waals surface area contributed by atoms with Gasteiger partial charge in [0.05, 0.1) is 6.10 Å². The van der Waals surface area contributed by atoms with Crippen LogP contribution < -0.4 is 0 Å². The number of hydrogen-bond donors (Lipinski definition) is 0. The molecular weight excluding hydrogens is 404 g/mol. The van der Waals surface area contributed by atoms with Crippen molar-refractivity contribution in [3.05, 3.63) is 29.6 Å². The molecule has 6 heteroatoms. The lowest BCUT2D eigenvalue weighted by Gasteiger charge is -2.42. The molecule has 1 aromatic rings. The molecule has 1 rings (SSSR count). The number of nitrogens with zero attached hydrogens (tertiary/aromatic N) is 2. The Hall–Kier alpha value is -1.01. The van der Waals surface area contributed by atoms with Crippen LogP contribution in [0.3, 0.4) is 0 Å². The first-order valence-corrected chi connectivity index (χ1v) is 16.4. The van der Waals surface area contributed by atoms with Gasteiger partial charge in [-0.2, -0.15) is 5.26 Å². The summed E-state index contributed by atoms with van der Waals surface area (Å²) in [6.45, 7) is 23.6. The molecule has 0 fully saturated rings. The Bertz CT molecular complexity index is 700. The van der Waals surface area contributed by atoms with Gasteiger partial charge in [0.1, 0.15) is 11.8 Å². The maximum absolute atomic E-state index is 9.09. The van der Waals surface area contributed by atoms with Gasteiger partial charge in [-0.15, -0.1) is 0 Å². The zero-order chi connectivity index (χ0) is 23.2. The molecule has 2 unspecified atom stereocenters. The van der Waals surface area contributed by atoms with Crippen LogP contribution in [-0.2, 0) is 15.3 Å². The monoisotopic (exact) mass is 447 g/mol. The van der Waals surface area contributed by atoms with E-state index < -0.39 is 17.4 Å². The summed E-state index contributed by atoms with van der Waals surface area (Å²) in [5, 5.41) is 9.29. The van der Waals surface area contributed by atoms with Crippen molar-refractivity contribution in [1.29, 1.82) is 5.26 Å². The first-order valence-electron chi connectivity index (χ1n) is 11.1. The highest BCUT2D eigenvalue weighted by molar-refractivity contribution is 6.74. The zero-order valence-corrected chi connectivity index (χ0v) is 22.9. The lowest BCUT2D eigenvalue weighted by Crippen LogP contribution is -2.46. The molecule has 1 radical (unpaired) electrons. The van der Waals surface area contributed by atoms with Gasteiger partial charge in [0.15, 0.2) is 8.32 Å². The van der Waals surface area contributed by atoms with E-state index in [9.17, 15) is 0 Å². The first kappa shape index (κ1) is 27.0. The van der Waals surface area contributed by atoms with Crippen molar-refractivity contribution >= 4 is 17.4 Å². The van der Waals surface area contributed by atoms with Crippen LogP contribution in [0, 0.1) is 22.7 Å². The van der Waals surface area contributed by atoms with E-state index in [1.54, 1.807) is 6.20 Å². The molecule has 1 heterocycles. The van der Waals surface area contributed by atoms with E-state index in [2.05, 4.69) is 78.8 Å². The van der Waals surface area contributed by atoms with Crippen molar-refractivity contribution in [3.63, 3.8) is 0 Å². The van der Waals surface area contributed by atoms with Gasteiger partial charge in [-0.1, -0.05) is 41.5 Å². The van der Waals surface area contributed by atoms with Crippen molar-refractivity contribution in [1.82, 2.24) is 4.98 Å². The third kappa shape index (κ3) is 8.62. The smallest absolute Gasteiger partial charge is 0.205 e. The summed E-state index contributed by atoms with van der Waals surface area (Å²) < 4.78 is 13.2. The molecule has 0 saturated heterocycles. The van der Waals surface area contributed by atoms with Crippen LogP contribution in [0.15, 0.2) is 18.3 Å². The molecule has 30 heavy (non-hydrogen) atoms. The average molecular weight is 448 g/mol. The van der Waals surface area contributed by atoms with Gasteiger partial charge in [-0.25, -0.2) is 4.98 Å². The number of pyridine rings is 1. The van der Waals surface area contributed by atoms with Crippen molar-refractivity contribution in [3.8, 4) is 6.07 Å². The minimum atomic E-state index is -1.82. The molecule has 0 aliphatic rings. The first-order chi connectivity index (χ1) is 13.7. The Morgan fingerprint density at radius 1 is 1.17 bits per heavy atom. The molecule has 169 valence electrons. The largest absolute Gasteiger partial charge is 0.416 e. The SMILES string of the molecule is C[Si](C)OC(C(CCCc1ccnc(C#N)c1)CO[Si](C)(C)C(C)(C)C)C(C)(C)C. The second kappa shape index (κ2) is 11.0. The summed E-state index contributed by atoms with van der Waals surface area (Å²) in [5.41, 5.74) is 1.73. The highest BCUT2D eigenvalue weighted by atomic mass is 28.4. The molecule has 0 bridgehead atoms. The highest BCUT2D eigenvalue weighted by Gasteiger charge is 2.40. The molecule has 2 atom stereocenters. The van der Waals surface area contributed by atoms with E-state index in [1.165, 1.54) is 5.56 Å². The van der Waals surface area contributed by atoms with Gasteiger partial charge in [0.2, 0.25) is 9.04 Å². The number of nitriles is 1. The van der Waals surface area contributed by atoms with Gasteiger partial charge < -0.3 is 8.85 Å². The van der Waals surface area contributed by atoms with Crippen LogP contribution >= 0.6 is 0 Å². The third-order valence-electron chi connectivity index (χ3n) is 6.09. The van der Waals surface area contributed by atoms with Gasteiger partial charge in [-0.3, -0.25) is 0 Å². The summed E-state index contributed by atoms with van der Waals surface area (Å²) >= 11 is 0. The Morgan fingerprint density at radius 3 is 2.30 bits per heavy atom. The molecule has 1 aromatic heterocycles. The van der Waals surface area contributed by atoms with Gasteiger partial charge in [0.25, 0.3) is 0 Å². The topological polar surface area (TPSA) is 55.1 Å². The van der Waals surface area contributed by atoms with E-state index in [0.29, 0.717) is 11.6 Å². The lowest BCUT2D eigenvalue weighted by molar-refractivity contribution is 0.00645. The fraction of sp³-hybridized carbons (Fsp3) is 0.750. The van der Waals surface area contributed by atoms with Crippen LogP contribution in [0.25, 0.3) is 0 Å². The van der Waals surface area contributed by atoms with Crippen LogP contribution in [0.5, 0.6) is 0 Å². The standard InChI is InChI=1S/C24H43N2O2Si2/c1-23(2,3)22(28-29(7)8)20(18-27-30(9,10)24(4,5)6)13-11-12-19-14-15-26-21(16-19)17-25/h14-16,20,22H,11-13,18H2,1-10H3. The third-order valence-corrected chi connectivity index (χ3v) is 11.3. The number of rotatable bonds is 10. The van der Waals surface area contributed by atoms with Gasteiger partial charge >= 0.3 is 0 Å². The molecule has 0 amide bonds. The Kier molecular flexibility index (Phi) is 9.94. The lowest BCUT2D eigenvalue weighted by atomic mass is 9.79. The molecule has 0 aromatic carbocycles. The molecular formula is C24H43N2O2Si2. The molecule has 4 nitrogen and oxygen atoms in total. The molecule has 0 aliphatic heterocycles. The van der Waals surface area contributed by atoms with E-state index in [-0.39, 0.29) is 16.6 Å². The Balaban J connectivity index is 2.96. The summed E-state index contributed by atoms with van der Waals surface area (Å²) in [5.74, 6) is 0.358. The second-order valence-corrected chi connectivity index (χ2v) is 18.1. The summed E-state index contributed by atoms with van der Waals surface area (Å²) in [7, 11) is -2.63. The normalized spacial score (nSPS) is 15.1. The maximum atomic E-state index is 9.09. The van der Waals surface area contributed by atoms with Crippen LogP contribution in [-0.4, -0.2) is 35.1 Å². The summed E-state index contributed by atoms with van der Waals surface area (Å²) in [4.78, 5) is 4.08. The van der Waals surface area contributed by atoms with Crippen molar-refractivity contribution in [2.24, 2.45) is 11.3 Å². The van der Waals surface area contributed by atoms with E-state index in [1.807, 2.05) is 12.1 Å². The fourth-order valence-electron chi connectivity index (χ4n) is 3.35. The number of aryl methyl sites for hydroxylation is 1. The highest BCUT2D eigenvalue weighted by Crippen LogP contribution is 2.38. The van der Waals surface area contributed by atoms with Crippen LogP contribution in [0.2, 0.25) is 31.2 Å². The molecule has 0 saturated carbocycles. The molecule has 0 N–H and O–H groups in total. The van der Waals surface area contributed by atoms with Gasteiger partial charge in [0, 0.05) is 18.7 Å². The predicted octanol–water partition coefficient (Wildman–Crippen LogP) is 6.60. The average Bonchev–Trinajstić information content (AvgIpc) is 2.61. The second-order valence-electron chi connectivity index (χ2n) is 11.2. The maximum Gasteiger partial charge on any atom is 0.205 e.